The summed E-state index contributed by atoms with van der Waals surface area (Å²) in [5.74, 6) is 0.747. The molecule has 1 aliphatic heterocycles. The van der Waals surface area contributed by atoms with Crippen molar-refractivity contribution in [1.29, 1.82) is 0 Å². The van der Waals surface area contributed by atoms with Gasteiger partial charge < -0.3 is 14.2 Å². The molecule has 0 fully saturated rings. The summed E-state index contributed by atoms with van der Waals surface area (Å²) in [5.41, 5.74) is 2.80. The second-order valence-electron chi connectivity index (χ2n) is 12.0. The monoisotopic (exact) mass is 594 g/mol. The molecule has 206 valence electrons. The molecule has 0 spiro atoms. The van der Waals surface area contributed by atoms with Crippen molar-refractivity contribution in [3.63, 3.8) is 0 Å². The minimum atomic E-state index is -0.971. The maximum absolute atomic E-state index is 14.0. The molecule has 0 aromatic heterocycles. The second kappa shape index (κ2) is 10.8. The molecule has 3 aromatic rings. The molecular formula is C32H37BrNO5+. The first kappa shape index (κ1) is 28.8. The van der Waals surface area contributed by atoms with Crippen LogP contribution < -0.4 is 9.22 Å². The van der Waals surface area contributed by atoms with Crippen LogP contribution in [0.2, 0.25) is 0 Å². The highest BCUT2D eigenvalue weighted by atomic mass is 79.9. The number of carbonyl (C=O) groups excluding carboxylic acids is 2. The Morgan fingerprint density at radius 2 is 1.49 bits per heavy atom. The summed E-state index contributed by atoms with van der Waals surface area (Å²) in [5, 5.41) is 0. The molecule has 0 bridgehead atoms. The Bertz CT molecular complexity index is 1350. The quantitative estimate of drug-likeness (QED) is 0.225. The van der Waals surface area contributed by atoms with Crippen molar-refractivity contribution in [2.75, 3.05) is 13.7 Å². The summed E-state index contributed by atoms with van der Waals surface area (Å²) in [7, 11) is 1.35. The number of hydrogen-bond acceptors (Lipinski definition) is 5. The predicted octanol–water partition coefficient (Wildman–Crippen LogP) is 8.25. The third-order valence-electron chi connectivity index (χ3n) is 6.97. The number of fused-ring (bicyclic) bond motifs is 1. The van der Waals surface area contributed by atoms with Crippen molar-refractivity contribution in [3.05, 3.63) is 87.9 Å². The normalized spacial score (nSPS) is 19.1. The van der Waals surface area contributed by atoms with Crippen molar-refractivity contribution in [2.24, 2.45) is 0 Å². The highest BCUT2D eigenvalue weighted by Crippen LogP contribution is 2.45. The third-order valence-corrected chi connectivity index (χ3v) is 7.50. The molecule has 1 heterocycles. The highest BCUT2D eigenvalue weighted by Gasteiger charge is 2.57. The van der Waals surface area contributed by atoms with Crippen LogP contribution in [-0.4, -0.2) is 31.3 Å². The number of amides is 1. The SMILES string of the molecule is COC(=O)C1c2cc(Oc3ccc(C(C)(C)C)cc3)ccc2CC[N+]1(C(=O)OC(C)(C)C)c1ccc(Br)cc1. The lowest BCUT2D eigenvalue weighted by Crippen LogP contribution is -2.63. The molecule has 0 saturated carbocycles. The lowest BCUT2D eigenvalue weighted by molar-refractivity contribution is -0.147. The summed E-state index contributed by atoms with van der Waals surface area (Å²) in [6.45, 7) is 12.3. The van der Waals surface area contributed by atoms with E-state index in [9.17, 15) is 9.59 Å². The van der Waals surface area contributed by atoms with Gasteiger partial charge in [-0.1, -0.05) is 54.9 Å². The largest absolute Gasteiger partial charge is 0.522 e. The first-order chi connectivity index (χ1) is 18.2. The van der Waals surface area contributed by atoms with E-state index in [-0.39, 0.29) is 9.90 Å². The lowest BCUT2D eigenvalue weighted by Gasteiger charge is -2.43. The van der Waals surface area contributed by atoms with Crippen molar-refractivity contribution in [3.8, 4) is 11.5 Å². The van der Waals surface area contributed by atoms with Crippen LogP contribution in [0, 0.1) is 0 Å². The van der Waals surface area contributed by atoms with Gasteiger partial charge in [0, 0.05) is 28.6 Å². The number of hydrogen-bond donors (Lipinski definition) is 0. The zero-order valence-corrected chi connectivity index (χ0v) is 25.3. The minimum Gasteiger partial charge on any atom is -0.464 e. The van der Waals surface area contributed by atoms with Crippen LogP contribution >= 0.6 is 15.9 Å². The maximum Gasteiger partial charge on any atom is 0.522 e. The van der Waals surface area contributed by atoms with E-state index >= 15 is 0 Å². The van der Waals surface area contributed by atoms with Gasteiger partial charge in [0.05, 0.1) is 13.7 Å². The molecular weight excluding hydrogens is 558 g/mol. The van der Waals surface area contributed by atoms with Gasteiger partial charge in [0.15, 0.2) is 0 Å². The van der Waals surface area contributed by atoms with Gasteiger partial charge in [-0.3, -0.25) is 0 Å². The molecule has 2 unspecified atom stereocenters. The lowest BCUT2D eigenvalue weighted by atomic mass is 9.87. The summed E-state index contributed by atoms with van der Waals surface area (Å²) in [6.07, 6.45) is 0.0635. The molecule has 6 nitrogen and oxygen atoms in total. The molecule has 39 heavy (non-hydrogen) atoms. The number of methoxy groups -OCH3 is 1. The van der Waals surface area contributed by atoms with Gasteiger partial charge in [0.2, 0.25) is 6.04 Å². The molecule has 3 aromatic carbocycles. The molecule has 0 saturated heterocycles. The maximum atomic E-state index is 14.0. The van der Waals surface area contributed by atoms with Gasteiger partial charge in [0.25, 0.3) is 0 Å². The van der Waals surface area contributed by atoms with E-state index in [0.29, 0.717) is 35.7 Å². The fraction of sp³-hybridized carbons (Fsp3) is 0.375. The van der Waals surface area contributed by atoms with Gasteiger partial charge in [-0.25, -0.2) is 4.79 Å². The van der Waals surface area contributed by atoms with Crippen molar-refractivity contribution in [2.45, 2.75) is 65.0 Å². The Morgan fingerprint density at radius 3 is 2.05 bits per heavy atom. The zero-order valence-electron chi connectivity index (χ0n) is 23.7. The topological polar surface area (TPSA) is 61.8 Å². The first-order valence-corrected chi connectivity index (χ1v) is 13.9. The molecule has 0 radical (unpaired) electrons. The van der Waals surface area contributed by atoms with Gasteiger partial charge in [-0.15, -0.1) is 0 Å². The van der Waals surface area contributed by atoms with Gasteiger partial charge in [-0.05, 0) is 73.7 Å². The zero-order chi connectivity index (χ0) is 28.6. The Hall–Kier alpha value is -3.16. The predicted molar refractivity (Wildman–Crippen MR) is 157 cm³/mol. The van der Waals surface area contributed by atoms with E-state index in [4.69, 9.17) is 14.2 Å². The van der Waals surface area contributed by atoms with Crippen LogP contribution in [-0.2, 0) is 26.1 Å². The Kier molecular flexibility index (Phi) is 7.97. The van der Waals surface area contributed by atoms with E-state index in [1.165, 1.54) is 12.7 Å². The minimum absolute atomic E-state index is 0.0357. The van der Waals surface area contributed by atoms with Crippen LogP contribution in [0.15, 0.2) is 71.2 Å². The van der Waals surface area contributed by atoms with E-state index in [0.717, 1.165) is 10.0 Å². The number of benzene rings is 3. The number of carbonyl (C=O) groups is 2. The Morgan fingerprint density at radius 1 is 0.872 bits per heavy atom. The fourth-order valence-corrected chi connectivity index (χ4v) is 5.25. The Balaban J connectivity index is 1.82. The molecule has 1 amide bonds. The van der Waals surface area contributed by atoms with Crippen LogP contribution in [0.3, 0.4) is 0 Å². The highest BCUT2D eigenvalue weighted by molar-refractivity contribution is 9.10. The van der Waals surface area contributed by atoms with E-state index in [1.807, 2.05) is 75.4 Å². The summed E-state index contributed by atoms with van der Waals surface area (Å²) >= 11 is 3.48. The number of quaternary nitrogens is 1. The van der Waals surface area contributed by atoms with Crippen molar-refractivity contribution in [1.82, 2.24) is 4.48 Å². The number of rotatable bonds is 4. The average Bonchev–Trinajstić information content (AvgIpc) is 2.86. The number of ether oxygens (including phenoxy) is 3. The smallest absolute Gasteiger partial charge is 0.464 e. The van der Waals surface area contributed by atoms with Gasteiger partial charge in [-0.2, -0.15) is 9.28 Å². The van der Waals surface area contributed by atoms with Gasteiger partial charge in [0.1, 0.15) is 22.8 Å². The van der Waals surface area contributed by atoms with Crippen molar-refractivity contribution >= 4 is 33.7 Å². The Labute approximate surface area is 239 Å². The standard InChI is InChI=1S/C32H37BrNO5/c1-31(2,3)22-9-16-25(17-10-22)38-26-15-8-21-18-19-34(30(36)39-32(4,5)6,24-13-11-23(33)12-14-24)28(27(21)20-26)29(35)37-7/h8-17,20,28H,18-19H2,1-7H3/q+1. The summed E-state index contributed by atoms with van der Waals surface area (Å²) in [4.78, 5) is 27.6. The molecule has 0 aliphatic carbocycles. The van der Waals surface area contributed by atoms with Crippen molar-refractivity contribution < 1.29 is 23.8 Å². The van der Waals surface area contributed by atoms with E-state index in [2.05, 4.69) is 48.8 Å². The summed E-state index contributed by atoms with van der Waals surface area (Å²) in [6, 6.07) is 20.2. The molecule has 7 heteroatoms. The molecule has 2 atom stereocenters. The first-order valence-electron chi connectivity index (χ1n) is 13.1. The number of nitrogens with zero attached hydrogens (tertiary/aromatic N) is 1. The molecule has 4 rings (SSSR count). The van der Waals surface area contributed by atoms with E-state index in [1.54, 1.807) is 0 Å². The van der Waals surface area contributed by atoms with Crippen LogP contribution in [0.4, 0.5) is 10.5 Å². The second-order valence-corrected chi connectivity index (χ2v) is 12.9. The van der Waals surface area contributed by atoms with Crippen LogP contribution in [0.25, 0.3) is 0 Å². The molecule has 0 N–H and O–H groups in total. The number of esters is 1. The molecule has 1 aliphatic rings. The third kappa shape index (κ3) is 6.04. The van der Waals surface area contributed by atoms with Crippen LogP contribution in [0.1, 0.15) is 64.3 Å². The fourth-order valence-electron chi connectivity index (χ4n) is 4.99. The average molecular weight is 596 g/mol. The van der Waals surface area contributed by atoms with E-state index < -0.39 is 23.7 Å². The summed E-state index contributed by atoms with van der Waals surface area (Å²) < 4.78 is 18.0. The van der Waals surface area contributed by atoms with Crippen LogP contribution in [0.5, 0.6) is 11.5 Å². The number of halogens is 1. The van der Waals surface area contributed by atoms with Gasteiger partial charge >= 0.3 is 12.1 Å².